The summed E-state index contributed by atoms with van der Waals surface area (Å²) in [7, 11) is 1.71. The van der Waals surface area contributed by atoms with E-state index in [2.05, 4.69) is 21.1 Å². The molecule has 0 aliphatic rings. The van der Waals surface area contributed by atoms with Crippen molar-refractivity contribution in [1.82, 2.24) is 10.1 Å². The zero-order valence-electron chi connectivity index (χ0n) is 10.7. The molecule has 2 N–H and O–H groups in total. The molecule has 1 aromatic carbocycles. The molecule has 19 heavy (non-hydrogen) atoms. The Balaban J connectivity index is 2.17. The molecule has 0 atom stereocenters. The topological polar surface area (TPSA) is 72.4 Å². The minimum atomic E-state index is -0.125. The van der Waals surface area contributed by atoms with Gasteiger partial charge < -0.3 is 15.2 Å². The molecule has 6 heteroatoms. The Morgan fingerprint density at radius 1 is 1.53 bits per heavy atom. The smallest absolute Gasteiger partial charge is 0.255 e. The van der Waals surface area contributed by atoms with Crippen LogP contribution in [0.25, 0.3) is 0 Å². The Kier molecular flexibility index (Phi) is 3.90. The summed E-state index contributed by atoms with van der Waals surface area (Å²) >= 11 is 3.33. The van der Waals surface area contributed by atoms with E-state index in [1.54, 1.807) is 36.2 Å². The van der Waals surface area contributed by atoms with Crippen molar-refractivity contribution in [3.8, 4) is 0 Å². The van der Waals surface area contributed by atoms with Crippen molar-refractivity contribution in [2.24, 2.45) is 0 Å². The van der Waals surface area contributed by atoms with Gasteiger partial charge in [-0.15, -0.1) is 0 Å². The SMILES string of the molecule is Cc1cc(CN(C)C(=O)c2cccc(N)c2Br)no1. The van der Waals surface area contributed by atoms with Crippen LogP contribution in [0.2, 0.25) is 0 Å². The minimum Gasteiger partial charge on any atom is -0.398 e. The highest BCUT2D eigenvalue weighted by atomic mass is 79.9. The molecule has 0 aliphatic heterocycles. The van der Waals surface area contributed by atoms with Gasteiger partial charge in [0.2, 0.25) is 0 Å². The molecule has 2 aromatic rings. The average molecular weight is 324 g/mol. The molecular weight excluding hydrogens is 310 g/mol. The van der Waals surface area contributed by atoms with Crippen LogP contribution in [0.15, 0.2) is 33.3 Å². The maximum absolute atomic E-state index is 12.3. The van der Waals surface area contributed by atoms with Crippen LogP contribution in [0.1, 0.15) is 21.8 Å². The van der Waals surface area contributed by atoms with Crippen molar-refractivity contribution in [2.75, 3.05) is 12.8 Å². The maximum atomic E-state index is 12.3. The second kappa shape index (κ2) is 5.44. The number of rotatable bonds is 3. The molecule has 5 nitrogen and oxygen atoms in total. The number of hydrogen-bond donors (Lipinski definition) is 1. The fourth-order valence-electron chi connectivity index (χ4n) is 1.73. The molecular formula is C13H14BrN3O2. The number of nitrogen functional groups attached to an aromatic ring is 1. The Morgan fingerprint density at radius 3 is 2.89 bits per heavy atom. The molecule has 100 valence electrons. The van der Waals surface area contributed by atoms with E-state index < -0.39 is 0 Å². The molecule has 0 radical (unpaired) electrons. The standard InChI is InChI=1S/C13H14BrN3O2/c1-8-6-9(16-19-8)7-17(2)13(18)10-4-3-5-11(15)12(10)14/h3-6H,7,15H2,1-2H3. The van der Waals surface area contributed by atoms with Gasteiger partial charge in [-0.3, -0.25) is 4.79 Å². The Hall–Kier alpha value is -1.82. The van der Waals surface area contributed by atoms with E-state index in [9.17, 15) is 4.79 Å². The van der Waals surface area contributed by atoms with Crippen LogP contribution in [0.3, 0.4) is 0 Å². The van der Waals surface area contributed by atoms with Crippen molar-refractivity contribution in [3.63, 3.8) is 0 Å². The van der Waals surface area contributed by atoms with Crippen LogP contribution in [0.5, 0.6) is 0 Å². The summed E-state index contributed by atoms with van der Waals surface area (Å²) in [6.07, 6.45) is 0. The van der Waals surface area contributed by atoms with Crippen molar-refractivity contribution in [3.05, 3.63) is 45.8 Å². The number of benzene rings is 1. The summed E-state index contributed by atoms with van der Waals surface area (Å²) in [5, 5.41) is 3.87. The Morgan fingerprint density at radius 2 is 2.26 bits per heavy atom. The van der Waals surface area contributed by atoms with Crippen LogP contribution < -0.4 is 5.73 Å². The minimum absolute atomic E-state index is 0.125. The van der Waals surface area contributed by atoms with E-state index in [1.165, 1.54) is 0 Å². The van der Waals surface area contributed by atoms with Crippen LogP contribution >= 0.6 is 15.9 Å². The van der Waals surface area contributed by atoms with Gasteiger partial charge in [-0.1, -0.05) is 11.2 Å². The fourth-order valence-corrected chi connectivity index (χ4v) is 2.16. The van der Waals surface area contributed by atoms with Gasteiger partial charge >= 0.3 is 0 Å². The lowest BCUT2D eigenvalue weighted by atomic mass is 10.2. The highest BCUT2D eigenvalue weighted by Crippen LogP contribution is 2.25. The quantitative estimate of drug-likeness (QED) is 0.881. The summed E-state index contributed by atoms with van der Waals surface area (Å²) in [6.45, 7) is 2.20. The van der Waals surface area contributed by atoms with Crippen LogP contribution in [0, 0.1) is 6.92 Å². The number of amides is 1. The molecule has 0 saturated carbocycles. The first kappa shape index (κ1) is 13.6. The number of anilines is 1. The number of aromatic nitrogens is 1. The van der Waals surface area contributed by atoms with Crippen LogP contribution in [-0.4, -0.2) is 23.0 Å². The van der Waals surface area contributed by atoms with Crippen molar-refractivity contribution >= 4 is 27.5 Å². The largest absolute Gasteiger partial charge is 0.398 e. The number of carbonyl (C=O) groups excluding carboxylic acids is 1. The number of nitrogens with zero attached hydrogens (tertiary/aromatic N) is 2. The first-order chi connectivity index (χ1) is 8.99. The molecule has 0 spiro atoms. The zero-order chi connectivity index (χ0) is 14.0. The number of carbonyl (C=O) groups is 1. The third kappa shape index (κ3) is 2.96. The number of hydrogen-bond acceptors (Lipinski definition) is 4. The lowest BCUT2D eigenvalue weighted by molar-refractivity contribution is 0.0781. The molecule has 1 aromatic heterocycles. The van der Waals surface area contributed by atoms with Gasteiger partial charge in [0.25, 0.3) is 5.91 Å². The second-order valence-corrected chi connectivity index (χ2v) is 5.09. The molecule has 1 heterocycles. The number of aryl methyl sites for hydroxylation is 1. The third-order valence-electron chi connectivity index (χ3n) is 2.68. The summed E-state index contributed by atoms with van der Waals surface area (Å²) in [6, 6.07) is 7.02. The third-order valence-corrected chi connectivity index (χ3v) is 3.57. The normalized spacial score (nSPS) is 10.5. The summed E-state index contributed by atoms with van der Waals surface area (Å²) in [5.41, 5.74) is 7.55. The zero-order valence-corrected chi connectivity index (χ0v) is 12.3. The van der Waals surface area contributed by atoms with E-state index >= 15 is 0 Å². The average Bonchev–Trinajstić information content (AvgIpc) is 2.77. The second-order valence-electron chi connectivity index (χ2n) is 4.30. The fraction of sp³-hybridized carbons (Fsp3) is 0.231. The molecule has 2 rings (SSSR count). The monoisotopic (exact) mass is 323 g/mol. The van der Waals surface area contributed by atoms with E-state index in [0.717, 1.165) is 5.76 Å². The van der Waals surface area contributed by atoms with Gasteiger partial charge in [-0.25, -0.2) is 0 Å². The number of halogens is 1. The van der Waals surface area contributed by atoms with Crippen molar-refractivity contribution < 1.29 is 9.32 Å². The Labute approximate surface area is 119 Å². The van der Waals surface area contributed by atoms with Gasteiger partial charge in [0.15, 0.2) is 0 Å². The number of nitrogens with two attached hydrogens (primary N) is 1. The predicted octanol–water partition coefficient (Wildman–Crippen LogP) is 2.60. The van der Waals surface area contributed by atoms with Crippen molar-refractivity contribution in [1.29, 1.82) is 0 Å². The molecule has 0 fully saturated rings. The first-order valence-corrected chi connectivity index (χ1v) is 6.50. The predicted molar refractivity (Wildman–Crippen MR) is 75.6 cm³/mol. The van der Waals surface area contributed by atoms with E-state index in [1.807, 2.05) is 6.92 Å². The summed E-state index contributed by atoms with van der Waals surface area (Å²) in [5.74, 6) is 0.598. The molecule has 0 unspecified atom stereocenters. The molecule has 0 saturated heterocycles. The van der Waals surface area contributed by atoms with E-state index in [-0.39, 0.29) is 5.91 Å². The summed E-state index contributed by atoms with van der Waals surface area (Å²) in [4.78, 5) is 13.9. The lowest BCUT2D eigenvalue weighted by Gasteiger charge is -2.17. The summed E-state index contributed by atoms with van der Waals surface area (Å²) < 4.78 is 5.59. The Bertz CT molecular complexity index is 610. The molecule has 1 amide bonds. The lowest BCUT2D eigenvalue weighted by Crippen LogP contribution is -2.26. The van der Waals surface area contributed by atoms with Crippen molar-refractivity contribution in [2.45, 2.75) is 13.5 Å². The highest BCUT2D eigenvalue weighted by molar-refractivity contribution is 9.10. The van der Waals surface area contributed by atoms with Gasteiger partial charge in [-0.05, 0) is 35.0 Å². The molecule has 0 bridgehead atoms. The van der Waals surface area contributed by atoms with E-state index in [0.29, 0.717) is 28.0 Å². The van der Waals surface area contributed by atoms with E-state index in [4.69, 9.17) is 10.3 Å². The van der Waals surface area contributed by atoms with Gasteiger partial charge in [0, 0.05) is 18.8 Å². The van der Waals surface area contributed by atoms with Gasteiger partial charge in [0.1, 0.15) is 11.5 Å². The first-order valence-electron chi connectivity index (χ1n) is 5.70. The molecule has 0 aliphatic carbocycles. The maximum Gasteiger partial charge on any atom is 0.255 e. The van der Waals surface area contributed by atoms with Crippen LogP contribution in [-0.2, 0) is 6.54 Å². The van der Waals surface area contributed by atoms with Gasteiger partial charge in [-0.2, -0.15) is 0 Å². The highest BCUT2D eigenvalue weighted by Gasteiger charge is 2.17. The van der Waals surface area contributed by atoms with Crippen LogP contribution in [0.4, 0.5) is 5.69 Å². The van der Waals surface area contributed by atoms with Gasteiger partial charge in [0.05, 0.1) is 16.6 Å².